The molecule has 0 aliphatic heterocycles. The molecule has 0 atom stereocenters. The summed E-state index contributed by atoms with van der Waals surface area (Å²) in [6.07, 6.45) is 1.28. The van der Waals surface area contributed by atoms with E-state index in [1.54, 1.807) is 0 Å². The number of hydrogen-bond donors (Lipinski definition) is 1. The summed E-state index contributed by atoms with van der Waals surface area (Å²) in [6.45, 7) is 10.4. The molecule has 30 heavy (non-hydrogen) atoms. The Morgan fingerprint density at radius 2 is 1.40 bits per heavy atom. The van der Waals surface area contributed by atoms with E-state index in [1.807, 2.05) is 20.8 Å². The first-order valence-electron chi connectivity index (χ1n) is 10.2. The van der Waals surface area contributed by atoms with Crippen LogP contribution in [0.2, 0.25) is 6.04 Å². The van der Waals surface area contributed by atoms with Crippen molar-refractivity contribution in [3.63, 3.8) is 0 Å². The molecule has 0 unspecified atom stereocenters. The minimum Gasteiger partial charge on any atom is -0.460 e. The number of hydrogen-bond acceptors (Lipinski definition) is 6. The van der Waals surface area contributed by atoms with Crippen LogP contribution in [0.25, 0.3) is 0 Å². The lowest BCUT2D eigenvalue weighted by Gasteiger charge is -2.28. The van der Waals surface area contributed by atoms with Gasteiger partial charge in [-0.15, -0.1) is 0 Å². The fourth-order valence-corrected chi connectivity index (χ4v) is 4.86. The second-order valence-corrected chi connectivity index (χ2v) is 10.0. The zero-order valence-corrected chi connectivity index (χ0v) is 20.1. The summed E-state index contributed by atoms with van der Waals surface area (Å²) in [5.41, 5.74) is 0. The third-order valence-electron chi connectivity index (χ3n) is 3.46. The molecule has 0 aromatic rings. The standard InChI is InChI=1S/C17H39N2O5Si.BF4/c1-7-22-25(23-8-2,24-9-3)16-10-12-18-13-11-17(20)21-15-14-19(4,5)6;2-1(3,4)5/h18H,7-16H2,1-6H3;/q+1;-1. The lowest BCUT2D eigenvalue weighted by atomic mass is 10.3. The molecule has 0 saturated heterocycles. The average molecular weight is 466 g/mol. The van der Waals surface area contributed by atoms with Crippen LogP contribution in [0.15, 0.2) is 0 Å². The van der Waals surface area contributed by atoms with Crippen molar-refractivity contribution < 1.29 is 44.6 Å². The maximum absolute atomic E-state index is 11.7. The molecule has 0 rings (SSSR count). The highest BCUT2D eigenvalue weighted by atomic mass is 28.4. The van der Waals surface area contributed by atoms with E-state index >= 15 is 0 Å². The molecule has 0 spiro atoms. The van der Waals surface area contributed by atoms with E-state index in [4.69, 9.17) is 18.0 Å². The molecule has 13 heteroatoms. The first kappa shape index (κ1) is 31.5. The van der Waals surface area contributed by atoms with Gasteiger partial charge >= 0.3 is 22.0 Å². The second kappa shape index (κ2) is 16.9. The minimum absolute atomic E-state index is 0.150. The van der Waals surface area contributed by atoms with Gasteiger partial charge in [0.2, 0.25) is 0 Å². The minimum atomic E-state index is -6.00. The summed E-state index contributed by atoms with van der Waals surface area (Å²) >= 11 is 0. The molecule has 0 radical (unpaired) electrons. The quantitative estimate of drug-likeness (QED) is 0.124. The van der Waals surface area contributed by atoms with Gasteiger partial charge < -0.3 is 45.1 Å². The molecule has 1 N–H and O–H groups in total. The Labute approximate surface area is 179 Å². The molecular weight excluding hydrogens is 427 g/mol. The molecule has 0 aliphatic carbocycles. The van der Waals surface area contributed by atoms with Gasteiger partial charge in [-0.3, -0.25) is 4.79 Å². The van der Waals surface area contributed by atoms with Crippen LogP contribution >= 0.6 is 0 Å². The predicted octanol–water partition coefficient (Wildman–Crippen LogP) is 2.95. The highest BCUT2D eigenvalue weighted by Gasteiger charge is 2.39. The molecule has 0 bridgehead atoms. The van der Waals surface area contributed by atoms with Crippen molar-refractivity contribution >= 4 is 22.0 Å². The smallest absolute Gasteiger partial charge is 0.460 e. The number of likely N-dealkylation sites (N-methyl/N-ethyl adjacent to an activating group) is 1. The summed E-state index contributed by atoms with van der Waals surface area (Å²) in [4.78, 5) is 11.7. The van der Waals surface area contributed by atoms with Gasteiger partial charge in [0.15, 0.2) is 0 Å². The first-order valence-corrected chi connectivity index (χ1v) is 12.2. The normalized spacial score (nSPS) is 12.3. The van der Waals surface area contributed by atoms with Crippen molar-refractivity contribution in [2.45, 2.75) is 39.7 Å². The Kier molecular flexibility index (Phi) is 17.7. The van der Waals surface area contributed by atoms with E-state index in [0.717, 1.165) is 30.0 Å². The van der Waals surface area contributed by atoms with Crippen molar-refractivity contribution in [3.05, 3.63) is 0 Å². The Bertz CT molecular complexity index is 420. The Balaban J connectivity index is 0. The van der Waals surface area contributed by atoms with Crippen LogP contribution in [0, 0.1) is 0 Å². The number of nitrogens with zero attached hydrogens (tertiary/aromatic N) is 1. The van der Waals surface area contributed by atoms with Gasteiger partial charge in [0.1, 0.15) is 13.2 Å². The van der Waals surface area contributed by atoms with Gasteiger partial charge in [-0.05, 0) is 33.7 Å². The fourth-order valence-electron chi connectivity index (χ4n) is 2.25. The highest BCUT2D eigenvalue weighted by molar-refractivity contribution is 6.60. The Morgan fingerprint density at radius 3 is 1.80 bits per heavy atom. The van der Waals surface area contributed by atoms with E-state index < -0.39 is 16.1 Å². The largest absolute Gasteiger partial charge is 0.673 e. The summed E-state index contributed by atoms with van der Waals surface area (Å²) in [5, 5.41) is 3.27. The maximum atomic E-state index is 11.7. The Hall–Kier alpha value is -0.728. The van der Waals surface area contributed by atoms with Crippen molar-refractivity contribution in [1.29, 1.82) is 0 Å². The topological polar surface area (TPSA) is 66.0 Å². The third kappa shape index (κ3) is 23.5. The summed E-state index contributed by atoms with van der Waals surface area (Å²) < 4.78 is 62.5. The number of esters is 1. The molecule has 182 valence electrons. The predicted molar refractivity (Wildman–Crippen MR) is 112 cm³/mol. The lowest BCUT2D eigenvalue weighted by molar-refractivity contribution is -0.870. The molecule has 0 fully saturated rings. The number of ether oxygens (including phenoxy) is 1. The SMILES string of the molecule is CCO[Si](CCCNCCC(=O)OCC[N+](C)(C)C)(OCC)OCC.F[B-](F)(F)F. The third-order valence-corrected chi connectivity index (χ3v) is 6.61. The molecule has 0 aliphatic rings. The molecule has 7 nitrogen and oxygen atoms in total. The zero-order chi connectivity index (χ0) is 23.7. The fraction of sp³-hybridized carbons (Fsp3) is 0.941. The molecule has 0 amide bonds. The molecular formula is C17H39BF4N2O5Si. The Morgan fingerprint density at radius 1 is 0.933 bits per heavy atom. The molecule has 0 aromatic carbocycles. The maximum Gasteiger partial charge on any atom is 0.673 e. The number of halogens is 4. The van der Waals surface area contributed by atoms with E-state index in [9.17, 15) is 22.1 Å². The summed E-state index contributed by atoms with van der Waals surface area (Å²) in [7, 11) is -2.32. The van der Waals surface area contributed by atoms with E-state index in [1.165, 1.54) is 0 Å². The van der Waals surface area contributed by atoms with Gasteiger partial charge in [-0.1, -0.05) is 0 Å². The van der Waals surface area contributed by atoms with Gasteiger partial charge in [-0.2, -0.15) is 0 Å². The number of carbonyl (C=O) groups is 1. The monoisotopic (exact) mass is 466 g/mol. The average Bonchev–Trinajstić information content (AvgIpc) is 2.56. The van der Waals surface area contributed by atoms with Crippen LogP contribution in [-0.2, 0) is 22.8 Å². The number of quaternary nitrogens is 1. The number of rotatable bonds is 16. The van der Waals surface area contributed by atoms with Crippen LogP contribution in [0.1, 0.15) is 33.6 Å². The number of carbonyl (C=O) groups excluding carboxylic acids is 1. The van der Waals surface area contributed by atoms with Crippen LogP contribution in [0.3, 0.4) is 0 Å². The summed E-state index contributed by atoms with van der Waals surface area (Å²) in [6, 6.07) is 0.781. The van der Waals surface area contributed by atoms with E-state index in [2.05, 4.69) is 26.5 Å². The van der Waals surface area contributed by atoms with Gasteiger partial charge in [0, 0.05) is 32.4 Å². The number of nitrogens with one attached hydrogen (secondary N) is 1. The summed E-state index contributed by atoms with van der Waals surface area (Å²) in [5.74, 6) is -0.150. The first-order chi connectivity index (χ1) is 13.8. The molecule has 0 aromatic heterocycles. The van der Waals surface area contributed by atoms with Crippen LogP contribution in [0.4, 0.5) is 17.3 Å². The van der Waals surface area contributed by atoms with Crippen molar-refractivity contribution in [1.82, 2.24) is 5.32 Å². The van der Waals surface area contributed by atoms with Crippen molar-refractivity contribution in [2.24, 2.45) is 0 Å². The zero-order valence-electron chi connectivity index (χ0n) is 19.1. The molecule has 0 saturated carbocycles. The lowest BCUT2D eigenvalue weighted by Crippen LogP contribution is -2.46. The molecule has 0 heterocycles. The van der Waals surface area contributed by atoms with Gasteiger partial charge in [-0.25, -0.2) is 0 Å². The van der Waals surface area contributed by atoms with Crippen molar-refractivity contribution in [3.8, 4) is 0 Å². The highest BCUT2D eigenvalue weighted by Crippen LogP contribution is 2.17. The van der Waals surface area contributed by atoms with Gasteiger partial charge in [0.25, 0.3) is 0 Å². The van der Waals surface area contributed by atoms with Crippen LogP contribution < -0.4 is 5.32 Å². The van der Waals surface area contributed by atoms with Crippen LogP contribution in [0.5, 0.6) is 0 Å². The second-order valence-electron chi connectivity index (χ2n) is 7.31. The van der Waals surface area contributed by atoms with Gasteiger partial charge in [0.05, 0.1) is 27.6 Å². The van der Waals surface area contributed by atoms with E-state index in [-0.39, 0.29) is 5.97 Å². The van der Waals surface area contributed by atoms with Crippen molar-refractivity contribution in [2.75, 3.05) is 67.2 Å². The van der Waals surface area contributed by atoms with Crippen LogP contribution in [-0.4, -0.2) is 93.7 Å². The van der Waals surface area contributed by atoms with E-state index in [0.29, 0.717) is 39.4 Å².